The van der Waals surface area contributed by atoms with Crippen molar-refractivity contribution >= 4 is 29.3 Å². The molecule has 0 aliphatic carbocycles. The van der Waals surface area contributed by atoms with E-state index in [1.54, 1.807) is 29.2 Å². The third kappa shape index (κ3) is 6.00. The molecule has 7 nitrogen and oxygen atoms in total. The zero-order chi connectivity index (χ0) is 19.1. The predicted molar refractivity (Wildman–Crippen MR) is 100 cm³/mol. The predicted octanol–water partition coefficient (Wildman–Crippen LogP) is 0.739. The summed E-state index contributed by atoms with van der Waals surface area (Å²) >= 11 is 5.98. The Balaban J connectivity index is 1.74. The molecule has 2 N–H and O–H groups in total. The van der Waals surface area contributed by atoms with Gasteiger partial charge in [0.1, 0.15) is 0 Å². The molecule has 26 heavy (non-hydrogen) atoms. The zero-order valence-corrected chi connectivity index (χ0v) is 15.9. The molecule has 0 bridgehead atoms. The minimum atomic E-state index is -0.368. The van der Waals surface area contributed by atoms with Gasteiger partial charge in [0.05, 0.1) is 23.7 Å². The third-order valence-electron chi connectivity index (χ3n) is 4.06. The van der Waals surface area contributed by atoms with Crippen molar-refractivity contribution in [1.29, 1.82) is 0 Å². The number of halogens is 1. The van der Waals surface area contributed by atoms with Crippen molar-refractivity contribution in [1.82, 2.24) is 20.4 Å². The van der Waals surface area contributed by atoms with Crippen molar-refractivity contribution in [2.45, 2.75) is 19.9 Å². The summed E-state index contributed by atoms with van der Waals surface area (Å²) in [5.74, 6) is -0.517. The molecule has 0 saturated carbocycles. The topological polar surface area (TPSA) is 81.8 Å². The Labute approximate surface area is 158 Å². The van der Waals surface area contributed by atoms with Gasteiger partial charge < -0.3 is 15.5 Å². The van der Waals surface area contributed by atoms with Crippen LogP contribution < -0.4 is 10.6 Å². The lowest BCUT2D eigenvalue weighted by Gasteiger charge is -2.34. The Morgan fingerprint density at radius 1 is 1.12 bits per heavy atom. The molecule has 3 amide bonds. The lowest BCUT2D eigenvalue weighted by molar-refractivity contribution is -0.132. The molecule has 1 aliphatic heterocycles. The summed E-state index contributed by atoms with van der Waals surface area (Å²) in [4.78, 5) is 39.9. The van der Waals surface area contributed by atoms with Crippen LogP contribution in [0.4, 0.5) is 0 Å². The highest BCUT2D eigenvalue weighted by atomic mass is 35.5. The van der Waals surface area contributed by atoms with E-state index in [1.807, 2.05) is 18.7 Å². The normalized spacial score (nSPS) is 15.0. The smallest absolute Gasteiger partial charge is 0.253 e. The maximum Gasteiger partial charge on any atom is 0.253 e. The van der Waals surface area contributed by atoms with Crippen LogP contribution in [0.15, 0.2) is 24.3 Å². The molecule has 1 heterocycles. The fourth-order valence-electron chi connectivity index (χ4n) is 2.73. The summed E-state index contributed by atoms with van der Waals surface area (Å²) in [5, 5.41) is 5.82. The summed E-state index contributed by atoms with van der Waals surface area (Å²) in [5.41, 5.74) is 0.350. The number of benzene rings is 1. The number of nitrogens with zero attached hydrogens (tertiary/aromatic N) is 2. The minimum absolute atomic E-state index is 0.00761. The molecule has 8 heteroatoms. The van der Waals surface area contributed by atoms with Crippen molar-refractivity contribution in [2.75, 3.05) is 39.3 Å². The van der Waals surface area contributed by atoms with Crippen LogP contribution in [0, 0.1) is 0 Å². The first-order valence-corrected chi connectivity index (χ1v) is 9.07. The molecule has 0 aromatic heterocycles. The quantitative estimate of drug-likeness (QED) is 0.762. The number of nitrogens with one attached hydrogen (secondary N) is 2. The fourth-order valence-corrected chi connectivity index (χ4v) is 2.96. The van der Waals surface area contributed by atoms with E-state index in [0.29, 0.717) is 43.3 Å². The van der Waals surface area contributed by atoms with Gasteiger partial charge in [0, 0.05) is 32.2 Å². The number of carbonyl (C=O) groups excluding carboxylic acids is 3. The van der Waals surface area contributed by atoms with Gasteiger partial charge in [-0.15, -0.1) is 0 Å². The zero-order valence-electron chi connectivity index (χ0n) is 15.1. The number of hydrogen-bond acceptors (Lipinski definition) is 4. The van der Waals surface area contributed by atoms with E-state index in [4.69, 9.17) is 11.6 Å². The molecule has 1 aromatic carbocycles. The number of hydrogen-bond donors (Lipinski definition) is 2. The van der Waals surface area contributed by atoms with E-state index < -0.39 is 0 Å². The van der Waals surface area contributed by atoms with Crippen LogP contribution in [0.3, 0.4) is 0 Å². The van der Waals surface area contributed by atoms with Crippen LogP contribution in [-0.2, 0) is 9.59 Å². The van der Waals surface area contributed by atoms with E-state index in [9.17, 15) is 14.4 Å². The van der Waals surface area contributed by atoms with Gasteiger partial charge in [-0.3, -0.25) is 19.3 Å². The van der Waals surface area contributed by atoms with Crippen molar-refractivity contribution in [3.63, 3.8) is 0 Å². The number of amides is 3. The van der Waals surface area contributed by atoms with Crippen LogP contribution in [0.25, 0.3) is 0 Å². The molecule has 2 rings (SSSR count). The van der Waals surface area contributed by atoms with E-state index in [0.717, 1.165) is 0 Å². The van der Waals surface area contributed by atoms with E-state index in [2.05, 4.69) is 10.6 Å². The average molecular weight is 381 g/mol. The van der Waals surface area contributed by atoms with Crippen LogP contribution >= 0.6 is 11.6 Å². The van der Waals surface area contributed by atoms with Crippen molar-refractivity contribution in [3.8, 4) is 0 Å². The summed E-state index contributed by atoms with van der Waals surface area (Å²) in [6.07, 6.45) is 0. The van der Waals surface area contributed by atoms with Crippen molar-refractivity contribution < 1.29 is 14.4 Å². The summed E-state index contributed by atoms with van der Waals surface area (Å²) in [6.45, 7) is 6.45. The SMILES string of the molecule is CC(C)NC(=O)CN1CCN(C(=O)CNC(=O)c2ccccc2Cl)CC1. The molecule has 1 fully saturated rings. The second kappa shape index (κ2) is 9.54. The molecule has 142 valence electrons. The molecule has 0 radical (unpaired) electrons. The first-order valence-electron chi connectivity index (χ1n) is 8.69. The van der Waals surface area contributed by atoms with Crippen LogP contribution in [-0.4, -0.2) is 72.8 Å². The van der Waals surface area contributed by atoms with Gasteiger partial charge in [-0.1, -0.05) is 23.7 Å². The van der Waals surface area contributed by atoms with Gasteiger partial charge in [0.2, 0.25) is 11.8 Å². The Morgan fingerprint density at radius 2 is 1.77 bits per heavy atom. The van der Waals surface area contributed by atoms with Crippen LogP contribution in [0.5, 0.6) is 0 Å². The van der Waals surface area contributed by atoms with Gasteiger partial charge in [-0.25, -0.2) is 0 Å². The molecule has 1 aliphatic rings. The number of piperazine rings is 1. The highest BCUT2D eigenvalue weighted by molar-refractivity contribution is 6.33. The second-order valence-corrected chi connectivity index (χ2v) is 6.95. The number of carbonyl (C=O) groups is 3. The summed E-state index contributed by atoms with van der Waals surface area (Å²) in [7, 11) is 0. The fraction of sp³-hybridized carbons (Fsp3) is 0.500. The molecular weight excluding hydrogens is 356 g/mol. The summed E-state index contributed by atoms with van der Waals surface area (Å²) in [6, 6.07) is 6.82. The second-order valence-electron chi connectivity index (χ2n) is 6.54. The molecule has 0 spiro atoms. The molecule has 0 atom stereocenters. The monoisotopic (exact) mass is 380 g/mol. The lowest BCUT2D eigenvalue weighted by atomic mass is 10.2. The van der Waals surface area contributed by atoms with Gasteiger partial charge in [-0.05, 0) is 26.0 Å². The Hall–Kier alpha value is -2.12. The molecule has 0 unspecified atom stereocenters. The van der Waals surface area contributed by atoms with Crippen molar-refractivity contribution in [3.05, 3.63) is 34.9 Å². The molecule has 1 saturated heterocycles. The van der Waals surface area contributed by atoms with Crippen LogP contribution in [0.2, 0.25) is 5.02 Å². The van der Waals surface area contributed by atoms with Gasteiger partial charge in [0.15, 0.2) is 0 Å². The van der Waals surface area contributed by atoms with Gasteiger partial charge in [-0.2, -0.15) is 0 Å². The maximum atomic E-state index is 12.3. The maximum absolute atomic E-state index is 12.3. The van der Waals surface area contributed by atoms with Gasteiger partial charge in [0.25, 0.3) is 5.91 Å². The van der Waals surface area contributed by atoms with E-state index in [-0.39, 0.29) is 30.3 Å². The minimum Gasteiger partial charge on any atom is -0.353 e. The standard InChI is InChI=1S/C18H25ClN4O3/c1-13(2)21-16(24)12-22-7-9-23(10-8-22)17(25)11-20-18(26)14-5-3-4-6-15(14)19/h3-6,13H,7-12H2,1-2H3,(H,20,26)(H,21,24). The average Bonchev–Trinajstić information content (AvgIpc) is 2.59. The number of rotatable bonds is 6. The Morgan fingerprint density at radius 3 is 2.38 bits per heavy atom. The Kier molecular flexibility index (Phi) is 7.41. The van der Waals surface area contributed by atoms with Gasteiger partial charge >= 0.3 is 0 Å². The van der Waals surface area contributed by atoms with E-state index in [1.165, 1.54) is 0 Å². The largest absolute Gasteiger partial charge is 0.353 e. The first kappa shape index (κ1) is 20.2. The lowest BCUT2D eigenvalue weighted by Crippen LogP contribution is -2.53. The highest BCUT2D eigenvalue weighted by Gasteiger charge is 2.23. The van der Waals surface area contributed by atoms with E-state index >= 15 is 0 Å². The molecule has 1 aromatic rings. The van der Waals surface area contributed by atoms with Crippen molar-refractivity contribution in [2.24, 2.45) is 0 Å². The third-order valence-corrected chi connectivity index (χ3v) is 4.39. The highest BCUT2D eigenvalue weighted by Crippen LogP contribution is 2.14. The first-order chi connectivity index (χ1) is 12.4. The summed E-state index contributed by atoms with van der Waals surface area (Å²) < 4.78 is 0. The Bertz CT molecular complexity index is 658. The molecular formula is C18H25ClN4O3. The van der Waals surface area contributed by atoms with Crippen LogP contribution in [0.1, 0.15) is 24.2 Å².